The van der Waals surface area contributed by atoms with Gasteiger partial charge < -0.3 is 5.32 Å². The molecule has 1 N–H and O–H groups in total. The summed E-state index contributed by atoms with van der Waals surface area (Å²) in [6.07, 6.45) is -0.404. The Hall–Kier alpha value is -2.44. The normalized spacial score (nSPS) is 11.2. The van der Waals surface area contributed by atoms with Crippen LogP contribution in [0.25, 0.3) is 0 Å². The lowest BCUT2D eigenvalue weighted by atomic mass is 10.0. The Morgan fingerprint density at radius 2 is 2.00 bits per heavy atom. The van der Waals surface area contributed by atoms with Crippen molar-refractivity contribution in [3.05, 3.63) is 53.5 Å². The van der Waals surface area contributed by atoms with E-state index in [1.165, 1.54) is 37.6 Å². The third-order valence-electron chi connectivity index (χ3n) is 2.61. The first kappa shape index (κ1) is 14.0. The number of aromatic nitrogens is 2. The van der Waals surface area contributed by atoms with Crippen LogP contribution in [0.1, 0.15) is 21.5 Å². The number of nitrogens with one attached hydrogen (secondary N) is 1. The number of nitrogens with zero attached hydrogens (tertiary/aromatic N) is 2. The van der Waals surface area contributed by atoms with Gasteiger partial charge in [-0.1, -0.05) is 6.07 Å². The third kappa shape index (κ3) is 3.11. The van der Waals surface area contributed by atoms with Crippen molar-refractivity contribution in [3.63, 3.8) is 0 Å². The summed E-state index contributed by atoms with van der Waals surface area (Å²) in [4.78, 5) is 19.4. The van der Waals surface area contributed by atoms with Gasteiger partial charge in [-0.05, 0) is 24.6 Å². The average Bonchev–Trinajstić information content (AvgIpc) is 2.39. The standard InChI is InChI=1S/C13H10F3N3O/c1-8-2-3-9(6-10(8)13(14,15)16)12(20)19-11-7-17-4-5-18-11/h2-7H,1H3,(H,18,19,20). The zero-order valence-electron chi connectivity index (χ0n) is 10.4. The molecule has 0 aliphatic carbocycles. The number of rotatable bonds is 2. The number of anilines is 1. The van der Waals surface area contributed by atoms with Crippen LogP contribution >= 0.6 is 0 Å². The summed E-state index contributed by atoms with van der Waals surface area (Å²) >= 11 is 0. The number of alkyl halides is 3. The molecule has 0 radical (unpaired) electrons. The highest BCUT2D eigenvalue weighted by Crippen LogP contribution is 2.32. The molecule has 0 aliphatic heterocycles. The van der Waals surface area contributed by atoms with E-state index in [0.29, 0.717) is 0 Å². The summed E-state index contributed by atoms with van der Waals surface area (Å²) in [6.45, 7) is 1.34. The lowest BCUT2D eigenvalue weighted by Crippen LogP contribution is -2.15. The molecule has 4 nitrogen and oxygen atoms in total. The lowest BCUT2D eigenvalue weighted by Gasteiger charge is -2.11. The van der Waals surface area contributed by atoms with Crippen molar-refractivity contribution in [1.29, 1.82) is 0 Å². The first-order chi connectivity index (χ1) is 9.38. The fourth-order valence-corrected chi connectivity index (χ4v) is 1.62. The molecule has 0 bridgehead atoms. The number of hydrogen-bond acceptors (Lipinski definition) is 3. The maximum absolute atomic E-state index is 12.8. The highest BCUT2D eigenvalue weighted by atomic mass is 19.4. The largest absolute Gasteiger partial charge is 0.416 e. The van der Waals surface area contributed by atoms with Gasteiger partial charge in [0, 0.05) is 18.0 Å². The highest BCUT2D eigenvalue weighted by Gasteiger charge is 2.32. The molecular weight excluding hydrogens is 271 g/mol. The topological polar surface area (TPSA) is 54.9 Å². The van der Waals surface area contributed by atoms with Gasteiger partial charge in [0.25, 0.3) is 5.91 Å². The predicted octanol–water partition coefficient (Wildman–Crippen LogP) is 3.06. The van der Waals surface area contributed by atoms with Crippen molar-refractivity contribution in [3.8, 4) is 0 Å². The summed E-state index contributed by atoms with van der Waals surface area (Å²) in [7, 11) is 0. The number of carbonyl (C=O) groups is 1. The van der Waals surface area contributed by atoms with Gasteiger partial charge in [-0.15, -0.1) is 0 Å². The zero-order valence-corrected chi connectivity index (χ0v) is 10.4. The molecule has 0 spiro atoms. The molecule has 2 rings (SSSR count). The second-order valence-electron chi connectivity index (χ2n) is 4.07. The Kier molecular flexibility index (Phi) is 3.69. The molecule has 0 atom stereocenters. The Morgan fingerprint density at radius 3 is 2.60 bits per heavy atom. The van der Waals surface area contributed by atoms with Crippen LogP contribution in [-0.4, -0.2) is 15.9 Å². The van der Waals surface area contributed by atoms with Gasteiger partial charge in [0.05, 0.1) is 11.8 Å². The van der Waals surface area contributed by atoms with Crippen molar-refractivity contribution in [2.24, 2.45) is 0 Å². The minimum Gasteiger partial charge on any atom is -0.305 e. The number of amides is 1. The molecule has 1 aromatic carbocycles. The van der Waals surface area contributed by atoms with Crippen LogP contribution in [0, 0.1) is 6.92 Å². The van der Waals surface area contributed by atoms with Crippen LogP contribution in [0.4, 0.5) is 19.0 Å². The fraction of sp³-hybridized carbons (Fsp3) is 0.154. The van der Waals surface area contributed by atoms with E-state index in [1.807, 2.05) is 0 Å². The van der Waals surface area contributed by atoms with E-state index in [1.54, 1.807) is 0 Å². The summed E-state index contributed by atoms with van der Waals surface area (Å²) < 4.78 is 38.3. The number of benzene rings is 1. The molecule has 0 aliphatic rings. The van der Waals surface area contributed by atoms with Crippen LogP contribution < -0.4 is 5.32 Å². The van der Waals surface area contributed by atoms with E-state index in [-0.39, 0.29) is 16.9 Å². The first-order valence-corrected chi connectivity index (χ1v) is 5.63. The minimum absolute atomic E-state index is 0.0635. The summed E-state index contributed by atoms with van der Waals surface area (Å²) in [5.74, 6) is -0.498. The summed E-state index contributed by atoms with van der Waals surface area (Å²) in [5.41, 5.74) is -0.855. The van der Waals surface area contributed by atoms with E-state index in [9.17, 15) is 18.0 Å². The number of hydrogen-bond donors (Lipinski definition) is 1. The average molecular weight is 281 g/mol. The van der Waals surface area contributed by atoms with Gasteiger partial charge in [-0.3, -0.25) is 9.78 Å². The molecule has 1 amide bonds. The second kappa shape index (κ2) is 5.28. The number of aryl methyl sites for hydroxylation is 1. The van der Waals surface area contributed by atoms with E-state index < -0.39 is 17.6 Å². The maximum atomic E-state index is 12.8. The Bertz CT molecular complexity index is 627. The fourth-order valence-electron chi connectivity index (χ4n) is 1.62. The molecule has 0 saturated carbocycles. The van der Waals surface area contributed by atoms with Gasteiger partial charge in [0.1, 0.15) is 0 Å². The van der Waals surface area contributed by atoms with Crippen molar-refractivity contribution in [2.45, 2.75) is 13.1 Å². The van der Waals surface area contributed by atoms with Crippen LogP contribution in [0.15, 0.2) is 36.8 Å². The monoisotopic (exact) mass is 281 g/mol. The molecule has 1 heterocycles. The van der Waals surface area contributed by atoms with Crippen LogP contribution in [0.3, 0.4) is 0 Å². The quantitative estimate of drug-likeness (QED) is 0.920. The zero-order chi connectivity index (χ0) is 14.8. The van der Waals surface area contributed by atoms with Crippen LogP contribution in [0.2, 0.25) is 0 Å². The van der Waals surface area contributed by atoms with Gasteiger partial charge in [-0.25, -0.2) is 4.98 Å². The molecule has 104 valence electrons. The molecule has 20 heavy (non-hydrogen) atoms. The van der Waals surface area contributed by atoms with Crippen molar-refractivity contribution in [2.75, 3.05) is 5.32 Å². The summed E-state index contributed by atoms with van der Waals surface area (Å²) in [6, 6.07) is 3.41. The Labute approximate surface area is 112 Å². The molecule has 0 saturated heterocycles. The second-order valence-corrected chi connectivity index (χ2v) is 4.07. The predicted molar refractivity (Wildman–Crippen MR) is 66.2 cm³/mol. The summed E-state index contributed by atoms with van der Waals surface area (Å²) in [5, 5.41) is 2.38. The van der Waals surface area contributed by atoms with Gasteiger partial charge in [0.15, 0.2) is 5.82 Å². The molecule has 0 fully saturated rings. The number of halogens is 3. The molecule has 1 aromatic heterocycles. The molecule has 2 aromatic rings. The van der Waals surface area contributed by atoms with E-state index in [0.717, 1.165) is 6.07 Å². The number of carbonyl (C=O) groups excluding carboxylic acids is 1. The molecular formula is C13H10F3N3O. The van der Waals surface area contributed by atoms with E-state index in [2.05, 4.69) is 15.3 Å². The maximum Gasteiger partial charge on any atom is 0.416 e. The van der Waals surface area contributed by atoms with Crippen LogP contribution in [-0.2, 0) is 6.18 Å². The Morgan fingerprint density at radius 1 is 1.25 bits per heavy atom. The van der Waals surface area contributed by atoms with Crippen molar-refractivity contribution >= 4 is 11.7 Å². The van der Waals surface area contributed by atoms with E-state index in [4.69, 9.17) is 0 Å². The highest BCUT2D eigenvalue weighted by molar-refractivity contribution is 6.03. The molecule has 7 heteroatoms. The first-order valence-electron chi connectivity index (χ1n) is 5.63. The molecule has 0 unspecified atom stereocenters. The van der Waals surface area contributed by atoms with Gasteiger partial charge in [-0.2, -0.15) is 13.2 Å². The van der Waals surface area contributed by atoms with Crippen molar-refractivity contribution in [1.82, 2.24) is 9.97 Å². The smallest absolute Gasteiger partial charge is 0.305 e. The lowest BCUT2D eigenvalue weighted by molar-refractivity contribution is -0.138. The van der Waals surface area contributed by atoms with Crippen molar-refractivity contribution < 1.29 is 18.0 Å². The van der Waals surface area contributed by atoms with E-state index >= 15 is 0 Å². The third-order valence-corrected chi connectivity index (χ3v) is 2.61. The SMILES string of the molecule is Cc1ccc(C(=O)Nc2cnccn2)cc1C(F)(F)F. The minimum atomic E-state index is -4.49. The van der Waals surface area contributed by atoms with Crippen LogP contribution in [0.5, 0.6) is 0 Å². The Balaban J connectivity index is 2.27. The van der Waals surface area contributed by atoms with Gasteiger partial charge >= 0.3 is 6.18 Å². The van der Waals surface area contributed by atoms with Gasteiger partial charge in [0.2, 0.25) is 0 Å².